The van der Waals surface area contributed by atoms with E-state index in [1.807, 2.05) is 0 Å². The molecule has 0 aromatic heterocycles. The third-order valence-electron chi connectivity index (χ3n) is 4.48. The number of methoxy groups -OCH3 is 1. The molecule has 3 aliphatic rings. The molecule has 4 atom stereocenters. The van der Waals surface area contributed by atoms with Crippen LogP contribution in [0.1, 0.15) is 10.4 Å². The number of benzene rings is 1. The van der Waals surface area contributed by atoms with Crippen LogP contribution < -0.4 is 10.2 Å². The maximum absolute atomic E-state index is 12.4. The summed E-state index contributed by atoms with van der Waals surface area (Å²) in [5, 5.41) is 0.831. The Morgan fingerprint density at radius 1 is 1.09 bits per heavy atom. The standard InChI is InChI=1S/C16H14N2O5/c1-22-9-4-2-8(3-5-9)14(19)17-18-15(20)12-10-6-7-11(23-10)13(12)16(18)21/h2-7,10-13H,1H3,(H,17,19)/t10-,11-,12-,13+/m1/s1. The number of imide groups is 1. The van der Waals surface area contributed by atoms with Gasteiger partial charge in [0.05, 0.1) is 31.2 Å². The molecule has 3 amide bonds. The lowest BCUT2D eigenvalue weighted by atomic mass is 9.85. The van der Waals surface area contributed by atoms with Gasteiger partial charge in [-0.3, -0.25) is 19.8 Å². The van der Waals surface area contributed by atoms with Crippen LogP contribution in [0.15, 0.2) is 36.4 Å². The molecule has 1 aromatic rings. The van der Waals surface area contributed by atoms with Gasteiger partial charge in [0.1, 0.15) is 5.75 Å². The molecule has 3 heterocycles. The van der Waals surface area contributed by atoms with Crippen LogP contribution in [0.25, 0.3) is 0 Å². The minimum atomic E-state index is -0.534. The van der Waals surface area contributed by atoms with E-state index in [0.29, 0.717) is 11.3 Å². The Labute approximate surface area is 131 Å². The van der Waals surface area contributed by atoms with E-state index in [9.17, 15) is 14.4 Å². The SMILES string of the molecule is COc1ccc(C(=O)NN2C(=O)[C@@H]3[C@H](C2=O)[C@H]2C=C[C@H]3O2)cc1. The summed E-state index contributed by atoms with van der Waals surface area (Å²) in [4.78, 5) is 37.1. The number of hydrogen-bond acceptors (Lipinski definition) is 5. The lowest BCUT2D eigenvalue weighted by molar-refractivity contribution is -0.145. The van der Waals surface area contributed by atoms with E-state index in [1.54, 1.807) is 36.4 Å². The molecule has 0 unspecified atom stereocenters. The molecular weight excluding hydrogens is 300 g/mol. The highest BCUT2D eigenvalue weighted by Crippen LogP contribution is 2.44. The average Bonchev–Trinajstić information content (AvgIpc) is 3.24. The Kier molecular flexibility index (Phi) is 2.99. The minimum absolute atomic E-state index is 0.334. The third-order valence-corrected chi connectivity index (χ3v) is 4.48. The summed E-state index contributed by atoms with van der Waals surface area (Å²) in [7, 11) is 1.53. The van der Waals surface area contributed by atoms with E-state index in [2.05, 4.69) is 5.43 Å². The molecule has 7 nitrogen and oxygen atoms in total. The highest BCUT2D eigenvalue weighted by molar-refractivity contribution is 6.09. The molecule has 2 fully saturated rings. The fourth-order valence-corrected chi connectivity index (χ4v) is 3.32. The van der Waals surface area contributed by atoms with Crippen molar-refractivity contribution < 1.29 is 23.9 Å². The van der Waals surface area contributed by atoms with Crippen molar-refractivity contribution in [3.05, 3.63) is 42.0 Å². The van der Waals surface area contributed by atoms with Crippen LogP contribution in [-0.2, 0) is 14.3 Å². The van der Waals surface area contributed by atoms with Gasteiger partial charge in [-0.15, -0.1) is 0 Å². The zero-order valence-electron chi connectivity index (χ0n) is 12.3. The number of hydrazine groups is 1. The Morgan fingerprint density at radius 3 is 2.17 bits per heavy atom. The van der Waals surface area contributed by atoms with E-state index in [0.717, 1.165) is 5.01 Å². The van der Waals surface area contributed by atoms with Gasteiger partial charge in [-0.1, -0.05) is 12.2 Å². The number of rotatable bonds is 3. The maximum Gasteiger partial charge on any atom is 0.270 e. The first-order valence-electron chi connectivity index (χ1n) is 7.27. The monoisotopic (exact) mass is 314 g/mol. The van der Waals surface area contributed by atoms with Crippen molar-refractivity contribution in [1.82, 2.24) is 10.4 Å². The number of nitrogens with zero attached hydrogens (tertiary/aromatic N) is 1. The van der Waals surface area contributed by atoms with Gasteiger partial charge in [-0.25, -0.2) is 0 Å². The first-order chi connectivity index (χ1) is 11.1. The van der Waals surface area contributed by atoms with Crippen molar-refractivity contribution in [2.24, 2.45) is 11.8 Å². The van der Waals surface area contributed by atoms with Crippen molar-refractivity contribution in [3.63, 3.8) is 0 Å². The second-order valence-electron chi connectivity index (χ2n) is 5.68. The van der Waals surface area contributed by atoms with Crippen LogP contribution in [0.4, 0.5) is 0 Å². The van der Waals surface area contributed by atoms with E-state index < -0.39 is 29.6 Å². The number of nitrogens with one attached hydrogen (secondary N) is 1. The van der Waals surface area contributed by atoms with Gasteiger partial charge >= 0.3 is 0 Å². The molecule has 0 radical (unpaired) electrons. The summed E-state index contributed by atoms with van der Waals surface area (Å²) in [5.41, 5.74) is 2.73. The van der Waals surface area contributed by atoms with Gasteiger partial charge in [-0.05, 0) is 24.3 Å². The van der Waals surface area contributed by atoms with Gasteiger partial charge in [0.25, 0.3) is 17.7 Å². The smallest absolute Gasteiger partial charge is 0.270 e. The number of carbonyl (C=O) groups excluding carboxylic acids is 3. The first kappa shape index (κ1) is 14.0. The molecule has 2 saturated heterocycles. The Bertz CT molecular complexity index is 696. The Balaban J connectivity index is 1.52. The van der Waals surface area contributed by atoms with Crippen molar-refractivity contribution in [2.45, 2.75) is 12.2 Å². The average molecular weight is 314 g/mol. The fourth-order valence-electron chi connectivity index (χ4n) is 3.32. The molecule has 2 bridgehead atoms. The maximum atomic E-state index is 12.4. The lowest BCUT2D eigenvalue weighted by Gasteiger charge is -2.18. The fraction of sp³-hybridized carbons (Fsp3) is 0.312. The minimum Gasteiger partial charge on any atom is -0.497 e. The molecule has 3 aliphatic heterocycles. The van der Waals surface area contributed by atoms with Gasteiger partial charge in [0, 0.05) is 5.56 Å². The molecule has 4 rings (SSSR count). The van der Waals surface area contributed by atoms with Crippen molar-refractivity contribution in [1.29, 1.82) is 0 Å². The first-order valence-corrected chi connectivity index (χ1v) is 7.27. The molecule has 1 aromatic carbocycles. The highest BCUT2D eigenvalue weighted by atomic mass is 16.5. The van der Waals surface area contributed by atoms with Crippen LogP contribution in [0.2, 0.25) is 0 Å². The zero-order valence-corrected chi connectivity index (χ0v) is 12.3. The zero-order chi connectivity index (χ0) is 16.1. The van der Waals surface area contributed by atoms with Crippen molar-refractivity contribution in [2.75, 3.05) is 7.11 Å². The summed E-state index contributed by atoms with van der Waals surface area (Å²) in [6, 6.07) is 6.40. The van der Waals surface area contributed by atoms with Crippen LogP contribution in [0.3, 0.4) is 0 Å². The second-order valence-corrected chi connectivity index (χ2v) is 5.68. The van der Waals surface area contributed by atoms with Gasteiger partial charge < -0.3 is 9.47 Å². The molecule has 0 spiro atoms. The Hall–Kier alpha value is -2.67. The van der Waals surface area contributed by atoms with Gasteiger partial charge in [0.2, 0.25) is 0 Å². The second kappa shape index (κ2) is 4.92. The quantitative estimate of drug-likeness (QED) is 0.640. The third kappa shape index (κ3) is 1.97. The highest BCUT2D eigenvalue weighted by Gasteiger charge is 2.61. The predicted molar refractivity (Wildman–Crippen MR) is 77.1 cm³/mol. The van der Waals surface area contributed by atoms with E-state index in [1.165, 1.54) is 7.11 Å². The molecular formula is C16H14N2O5. The van der Waals surface area contributed by atoms with Gasteiger partial charge in [0.15, 0.2) is 0 Å². The summed E-state index contributed by atoms with van der Waals surface area (Å²) in [6.07, 6.45) is 2.85. The largest absolute Gasteiger partial charge is 0.497 e. The molecule has 0 saturated carbocycles. The van der Waals surface area contributed by atoms with E-state index in [-0.39, 0.29) is 12.2 Å². The van der Waals surface area contributed by atoms with E-state index >= 15 is 0 Å². The van der Waals surface area contributed by atoms with E-state index in [4.69, 9.17) is 9.47 Å². The normalized spacial score (nSPS) is 30.7. The van der Waals surface area contributed by atoms with Crippen LogP contribution in [0, 0.1) is 11.8 Å². The Morgan fingerprint density at radius 2 is 1.65 bits per heavy atom. The molecule has 0 aliphatic carbocycles. The summed E-state index contributed by atoms with van der Waals surface area (Å²) >= 11 is 0. The number of ether oxygens (including phenoxy) is 2. The molecule has 7 heteroatoms. The number of fused-ring (bicyclic) bond motifs is 5. The molecule has 23 heavy (non-hydrogen) atoms. The van der Waals surface area contributed by atoms with Crippen molar-refractivity contribution in [3.8, 4) is 5.75 Å². The predicted octanol–water partition coefficient (Wildman–Crippen LogP) is 0.278. The molecule has 1 N–H and O–H groups in total. The molecule has 118 valence electrons. The summed E-state index contributed by atoms with van der Waals surface area (Å²) in [6.45, 7) is 0. The number of amides is 3. The van der Waals surface area contributed by atoms with Gasteiger partial charge in [-0.2, -0.15) is 5.01 Å². The van der Waals surface area contributed by atoms with Crippen LogP contribution >= 0.6 is 0 Å². The van der Waals surface area contributed by atoms with Crippen LogP contribution in [-0.4, -0.2) is 42.0 Å². The summed E-state index contributed by atoms with van der Waals surface area (Å²) < 4.78 is 10.6. The van der Waals surface area contributed by atoms with Crippen molar-refractivity contribution >= 4 is 17.7 Å². The number of hydrogen-bond donors (Lipinski definition) is 1. The lowest BCUT2D eigenvalue weighted by Crippen LogP contribution is -2.47. The van der Waals surface area contributed by atoms with Crippen LogP contribution in [0.5, 0.6) is 5.75 Å². The number of carbonyl (C=O) groups is 3. The summed E-state index contributed by atoms with van der Waals surface area (Å²) in [5.74, 6) is -1.81. The topological polar surface area (TPSA) is 84.9 Å².